The Morgan fingerprint density at radius 1 is 1.47 bits per heavy atom. The zero-order valence-electron chi connectivity index (χ0n) is 10.4. The lowest BCUT2D eigenvalue weighted by atomic mass is 9.69. The quantitative estimate of drug-likeness (QED) is 0.672. The van der Waals surface area contributed by atoms with Crippen LogP contribution in [0, 0.1) is 16.7 Å². The van der Waals surface area contributed by atoms with Gasteiger partial charge in [-0.2, -0.15) is 5.26 Å². The van der Waals surface area contributed by atoms with Gasteiger partial charge >= 0.3 is 5.97 Å². The minimum absolute atomic E-state index is 0.171. The molecule has 0 spiro atoms. The summed E-state index contributed by atoms with van der Waals surface area (Å²) in [6.07, 6.45) is 2.36. The van der Waals surface area contributed by atoms with Gasteiger partial charge in [-0.15, -0.1) is 0 Å². The molecule has 0 aromatic rings. The zero-order chi connectivity index (χ0) is 12.9. The lowest BCUT2D eigenvalue weighted by Crippen LogP contribution is -2.46. The standard InChI is InChI=1S/C12H18N2O3/c1-3-17-10(15)5-8-14(2)11(16)12(9-13)6-4-7-12/h3-8H2,1-2H3. The monoisotopic (exact) mass is 238 g/mol. The molecule has 5 nitrogen and oxygen atoms in total. The highest BCUT2D eigenvalue weighted by molar-refractivity contribution is 5.86. The second-order valence-electron chi connectivity index (χ2n) is 4.33. The summed E-state index contributed by atoms with van der Waals surface area (Å²) in [7, 11) is 1.62. The number of ether oxygens (including phenoxy) is 1. The Labute approximate surface area is 101 Å². The van der Waals surface area contributed by atoms with Crippen molar-refractivity contribution in [2.24, 2.45) is 5.41 Å². The number of carbonyl (C=O) groups is 2. The van der Waals surface area contributed by atoms with E-state index in [2.05, 4.69) is 6.07 Å². The molecule has 0 atom stereocenters. The van der Waals surface area contributed by atoms with E-state index in [0.29, 0.717) is 26.0 Å². The smallest absolute Gasteiger partial charge is 0.307 e. The van der Waals surface area contributed by atoms with E-state index in [1.807, 2.05) is 0 Å². The topological polar surface area (TPSA) is 70.4 Å². The third-order valence-electron chi connectivity index (χ3n) is 3.13. The van der Waals surface area contributed by atoms with Crippen LogP contribution in [0.3, 0.4) is 0 Å². The minimum Gasteiger partial charge on any atom is -0.466 e. The summed E-state index contributed by atoms with van der Waals surface area (Å²) in [6, 6.07) is 2.10. The average molecular weight is 238 g/mol. The van der Waals surface area contributed by atoms with Crippen molar-refractivity contribution in [3.63, 3.8) is 0 Å². The average Bonchev–Trinajstić information content (AvgIpc) is 2.25. The third-order valence-corrected chi connectivity index (χ3v) is 3.13. The van der Waals surface area contributed by atoms with Gasteiger partial charge in [-0.25, -0.2) is 0 Å². The first-order valence-electron chi connectivity index (χ1n) is 5.88. The van der Waals surface area contributed by atoms with Gasteiger partial charge in [0.2, 0.25) is 5.91 Å². The fourth-order valence-electron chi connectivity index (χ4n) is 1.86. The second kappa shape index (κ2) is 5.67. The summed E-state index contributed by atoms with van der Waals surface area (Å²) in [5, 5.41) is 9.03. The van der Waals surface area contributed by atoms with Crippen LogP contribution in [0.4, 0.5) is 0 Å². The lowest BCUT2D eigenvalue weighted by molar-refractivity contribution is -0.145. The van der Waals surface area contributed by atoms with Crippen LogP contribution in [0.5, 0.6) is 0 Å². The minimum atomic E-state index is -0.830. The van der Waals surface area contributed by atoms with Gasteiger partial charge in [0.1, 0.15) is 5.41 Å². The summed E-state index contributed by atoms with van der Waals surface area (Å²) in [5.41, 5.74) is -0.830. The summed E-state index contributed by atoms with van der Waals surface area (Å²) < 4.78 is 4.78. The van der Waals surface area contributed by atoms with Gasteiger partial charge < -0.3 is 9.64 Å². The van der Waals surface area contributed by atoms with Gasteiger partial charge in [-0.05, 0) is 26.2 Å². The highest BCUT2D eigenvalue weighted by Crippen LogP contribution is 2.41. The number of amides is 1. The van der Waals surface area contributed by atoms with Crippen molar-refractivity contribution in [1.29, 1.82) is 5.26 Å². The maximum absolute atomic E-state index is 12.0. The van der Waals surface area contributed by atoms with Gasteiger partial charge in [0.05, 0.1) is 19.1 Å². The molecular formula is C12H18N2O3. The fraction of sp³-hybridized carbons (Fsp3) is 0.750. The van der Waals surface area contributed by atoms with E-state index in [1.54, 1.807) is 14.0 Å². The van der Waals surface area contributed by atoms with Crippen LogP contribution in [0.15, 0.2) is 0 Å². The van der Waals surface area contributed by atoms with Crippen LogP contribution in [0.2, 0.25) is 0 Å². The summed E-state index contributed by atoms with van der Waals surface area (Å²) in [5.74, 6) is -0.484. The Bertz CT molecular complexity index is 342. The van der Waals surface area contributed by atoms with Gasteiger partial charge in [-0.1, -0.05) is 0 Å². The Hall–Kier alpha value is -1.57. The number of hydrogen-bond donors (Lipinski definition) is 0. The van der Waals surface area contributed by atoms with E-state index >= 15 is 0 Å². The molecule has 1 rings (SSSR count). The van der Waals surface area contributed by atoms with Crippen LogP contribution in [0.1, 0.15) is 32.6 Å². The Kier molecular flexibility index (Phi) is 4.50. The number of esters is 1. The van der Waals surface area contributed by atoms with Crippen molar-refractivity contribution in [2.45, 2.75) is 32.6 Å². The van der Waals surface area contributed by atoms with Gasteiger partial charge in [0, 0.05) is 13.6 Å². The molecule has 5 heteroatoms. The van der Waals surface area contributed by atoms with Crippen LogP contribution in [-0.4, -0.2) is 37.0 Å². The molecule has 0 bridgehead atoms. The van der Waals surface area contributed by atoms with Gasteiger partial charge in [-0.3, -0.25) is 9.59 Å². The first-order chi connectivity index (χ1) is 8.05. The molecule has 1 saturated carbocycles. The Morgan fingerprint density at radius 3 is 2.53 bits per heavy atom. The highest BCUT2D eigenvalue weighted by Gasteiger charge is 2.46. The zero-order valence-corrected chi connectivity index (χ0v) is 10.4. The van der Waals surface area contributed by atoms with E-state index in [1.165, 1.54) is 4.90 Å². The summed E-state index contributed by atoms with van der Waals surface area (Å²) >= 11 is 0. The normalized spacial score (nSPS) is 16.5. The Balaban J connectivity index is 2.43. The number of nitrogens with zero attached hydrogens (tertiary/aromatic N) is 2. The number of nitriles is 1. The predicted molar refractivity (Wildman–Crippen MR) is 60.8 cm³/mol. The van der Waals surface area contributed by atoms with Crippen LogP contribution in [0.25, 0.3) is 0 Å². The van der Waals surface area contributed by atoms with Crippen molar-refractivity contribution < 1.29 is 14.3 Å². The first-order valence-corrected chi connectivity index (χ1v) is 5.88. The van der Waals surface area contributed by atoms with Crippen molar-refractivity contribution in [1.82, 2.24) is 4.90 Å². The number of carbonyl (C=O) groups excluding carboxylic acids is 2. The molecule has 0 aromatic carbocycles. The molecule has 1 aliphatic rings. The van der Waals surface area contributed by atoms with Crippen LogP contribution in [-0.2, 0) is 14.3 Å². The predicted octanol–water partition coefficient (Wildman–Crippen LogP) is 1.09. The van der Waals surface area contributed by atoms with E-state index < -0.39 is 5.41 Å². The molecule has 0 aliphatic heterocycles. The summed E-state index contributed by atoms with van der Waals surface area (Å²) in [4.78, 5) is 24.6. The first kappa shape index (κ1) is 13.5. The van der Waals surface area contributed by atoms with Gasteiger partial charge in [0.15, 0.2) is 0 Å². The van der Waals surface area contributed by atoms with Crippen molar-refractivity contribution in [3.8, 4) is 6.07 Å². The molecule has 17 heavy (non-hydrogen) atoms. The van der Waals surface area contributed by atoms with E-state index in [9.17, 15) is 9.59 Å². The largest absolute Gasteiger partial charge is 0.466 e. The molecule has 1 fully saturated rings. The van der Waals surface area contributed by atoms with Crippen molar-refractivity contribution in [3.05, 3.63) is 0 Å². The van der Waals surface area contributed by atoms with Crippen LogP contribution >= 0.6 is 0 Å². The summed E-state index contributed by atoms with van der Waals surface area (Å²) in [6.45, 7) is 2.39. The number of rotatable bonds is 5. The Morgan fingerprint density at radius 2 is 2.12 bits per heavy atom. The molecule has 94 valence electrons. The molecular weight excluding hydrogens is 220 g/mol. The molecule has 0 aromatic heterocycles. The maximum Gasteiger partial charge on any atom is 0.307 e. The SMILES string of the molecule is CCOC(=O)CCN(C)C(=O)C1(C#N)CCC1. The fourth-order valence-corrected chi connectivity index (χ4v) is 1.86. The van der Waals surface area contributed by atoms with Crippen LogP contribution < -0.4 is 0 Å². The van der Waals surface area contributed by atoms with Crippen molar-refractivity contribution in [2.75, 3.05) is 20.2 Å². The molecule has 0 saturated heterocycles. The maximum atomic E-state index is 12.0. The lowest BCUT2D eigenvalue weighted by Gasteiger charge is -2.36. The van der Waals surface area contributed by atoms with Crippen molar-refractivity contribution >= 4 is 11.9 Å². The second-order valence-corrected chi connectivity index (χ2v) is 4.33. The molecule has 0 radical (unpaired) electrons. The van der Waals surface area contributed by atoms with E-state index in [4.69, 9.17) is 10.00 Å². The van der Waals surface area contributed by atoms with E-state index in [0.717, 1.165) is 6.42 Å². The molecule has 0 heterocycles. The number of hydrogen-bond acceptors (Lipinski definition) is 4. The van der Waals surface area contributed by atoms with Gasteiger partial charge in [0.25, 0.3) is 0 Å². The highest BCUT2D eigenvalue weighted by atomic mass is 16.5. The third kappa shape index (κ3) is 2.96. The molecule has 1 amide bonds. The molecule has 0 N–H and O–H groups in total. The molecule has 1 aliphatic carbocycles. The molecule has 0 unspecified atom stereocenters. The van der Waals surface area contributed by atoms with E-state index in [-0.39, 0.29) is 18.3 Å².